The number of ether oxygens (including phenoxy) is 1. The number of carbonyl (C=O) groups is 1. The first-order valence-corrected chi connectivity index (χ1v) is 9.81. The van der Waals surface area contributed by atoms with Crippen LogP contribution in [-0.4, -0.2) is 27.5 Å². The van der Waals surface area contributed by atoms with Crippen molar-refractivity contribution in [3.8, 4) is 5.75 Å². The van der Waals surface area contributed by atoms with Crippen LogP contribution in [0.4, 0.5) is 5.69 Å². The summed E-state index contributed by atoms with van der Waals surface area (Å²) < 4.78 is 5.81. The highest BCUT2D eigenvalue weighted by molar-refractivity contribution is 7.71. The van der Waals surface area contributed by atoms with Gasteiger partial charge in [0.25, 0.3) is 11.5 Å². The van der Waals surface area contributed by atoms with Gasteiger partial charge in [0.2, 0.25) is 0 Å². The molecule has 0 fully saturated rings. The number of methoxy groups -OCH3 is 1. The van der Waals surface area contributed by atoms with Crippen molar-refractivity contribution in [1.82, 2.24) is 9.55 Å². The fourth-order valence-electron chi connectivity index (χ4n) is 3.52. The fourth-order valence-corrected chi connectivity index (χ4v) is 5.13. The highest BCUT2D eigenvalue weighted by atomic mass is 32.1. The van der Waals surface area contributed by atoms with Crippen LogP contribution in [0.3, 0.4) is 0 Å². The van der Waals surface area contributed by atoms with Gasteiger partial charge in [-0.05, 0) is 55.6 Å². The van der Waals surface area contributed by atoms with Gasteiger partial charge >= 0.3 is 5.69 Å². The van der Waals surface area contributed by atoms with Crippen molar-refractivity contribution < 1.29 is 14.5 Å². The first-order chi connectivity index (χ1) is 13.4. The standard InChI is InChI=1S/C18H15N3O5S2/c1-26-12-7-6-9(8-11(12)21(24)25)16(22)20-17(23)14-10-4-2-3-5-13(10)28-15(14)19-18(20)27/h6-8H,2-5H2,1H3,(H,19,27). The lowest BCUT2D eigenvalue weighted by atomic mass is 9.97. The van der Waals surface area contributed by atoms with Crippen molar-refractivity contribution >= 4 is 45.4 Å². The number of aromatic nitrogens is 2. The Morgan fingerprint density at radius 3 is 2.82 bits per heavy atom. The van der Waals surface area contributed by atoms with Crippen LogP contribution in [0.2, 0.25) is 0 Å². The summed E-state index contributed by atoms with van der Waals surface area (Å²) in [6, 6.07) is 3.80. The van der Waals surface area contributed by atoms with Crippen molar-refractivity contribution in [3.63, 3.8) is 0 Å². The van der Waals surface area contributed by atoms with E-state index in [4.69, 9.17) is 17.0 Å². The van der Waals surface area contributed by atoms with Crippen molar-refractivity contribution in [2.24, 2.45) is 0 Å². The molecule has 0 radical (unpaired) electrons. The number of hydrogen-bond donors (Lipinski definition) is 1. The molecular formula is C18H15N3O5S2. The van der Waals surface area contributed by atoms with Gasteiger partial charge in [-0.2, -0.15) is 0 Å². The Kier molecular flexibility index (Phi) is 4.60. The van der Waals surface area contributed by atoms with Gasteiger partial charge in [0.05, 0.1) is 17.4 Å². The molecule has 10 heteroatoms. The fraction of sp³-hybridized carbons (Fsp3) is 0.278. The number of nitrogens with zero attached hydrogens (tertiary/aromatic N) is 2. The second-order valence-electron chi connectivity index (χ2n) is 6.43. The third-order valence-electron chi connectivity index (χ3n) is 4.84. The first-order valence-electron chi connectivity index (χ1n) is 8.59. The summed E-state index contributed by atoms with van der Waals surface area (Å²) in [4.78, 5) is 41.6. The van der Waals surface area contributed by atoms with Gasteiger partial charge in [-0.15, -0.1) is 11.3 Å². The quantitative estimate of drug-likeness (QED) is 0.396. The molecule has 0 saturated carbocycles. The molecule has 4 rings (SSSR count). The number of aryl methyl sites for hydroxylation is 2. The average molecular weight is 417 g/mol. The van der Waals surface area contributed by atoms with E-state index in [1.807, 2.05) is 0 Å². The van der Waals surface area contributed by atoms with Gasteiger partial charge in [0, 0.05) is 16.5 Å². The second kappa shape index (κ2) is 6.95. The van der Waals surface area contributed by atoms with E-state index in [1.54, 1.807) is 0 Å². The monoisotopic (exact) mass is 417 g/mol. The first kappa shape index (κ1) is 18.5. The Morgan fingerprint density at radius 1 is 1.36 bits per heavy atom. The largest absolute Gasteiger partial charge is 0.490 e. The Balaban J connectivity index is 1.91. The molecule has 0 aliphatic heterocycles. The second-order valence-corrected chi connectivity index (χ2v) is 7.93. The number of fused-ring (bicyclic) bond motifs is 3. The van der Waals surface area contributed by atoms with Crippen molar-refractivity contribution in [2.45, 2.75) is 25.7 Å². The minimum absolute atomic E-state index is 0.0162. The minimum atomic E-state index is -0.713. The molecule has 3 aromatic rings. The van der Waals surface area contributed by atoms with E-state index >= 15 is 0 Å². The maximum absolute atomic E-state index is 13.1. The van der Waals surface area contributed by atoms with E-state index in [-0.39, 0.29) is 21.8 Å². The van der Waals surface area contributed by atoms with Gasteiger partial charge in [-0.1, -0.05) is 0 Å². The van der Waals surface area contributed by atoms with Crippen LogP contribution in [0.1, 0.15) is 33.6 Å². The number of carbonyl (C=O) groups excluding carboxylic acids is 1. The number of nitro groups is 1. The lowest BCUT2D eigenvalue weighted by Gasteiger charge is -2.10. The molecular weight excluding hydrogens is 402 g/mol. The predicted molar refractivity (Wildman–Crippen MR) is 107 cm³/mol. The number of hydrogen-bond acceptors (Lipinski definition) is 7. The third kappa shape index (κ3) is 2.85. The third-order valence-corrected chi connectivity index (χ3v) is 6.33. The zero-order chi connectivity index (χ0) is 20.0. The molecule has 1 N–H and O–H groups in total. The molecule has 0 bridgehead atoms. The molecule has 0 spiro atoms. The number of rotatable bonds is 3. The van der Waals surface area contributed by atoms with Crippen molar-refractivity contribution in [3.05, 3.63) is 59.4 Å². The predicted octanol–water partition coefficient (Wildman–Crippen LogP) is 3.60. The highest BCUT2D eigenvalue weighted by Crippen LogP contribution is 2.33. The molecule has 0 atom stereocenters. The van der Waals surface area contributed by atoms with Crippen LogP contribution in [0.5, 0.6) is 5.75 Å². The summed E-state index contributed by atoms with van der Waals surface area (Å²) in [6.07, 6.45) is 3.76. The molecule has 2 heterocycles. The van der Waals surface area contributed by atoms with E-state index in [0.29, 0.717) is 10.2 Å². The molecule has 8 nitrogen and oxygen atoms in total. The summed E-state index contributed by atoms with van der Waals surface area (Å²) in [5, 5.41) is 11.7. The van der Waals surface area contributed by atoms with Crippen LogP contribution in [-0.2, 0) is 12.8 Å². The summed E-state index contributed by atoms with van der Waals surface area (Å²) in [5.74, 6) is -0.684. The average Bonchev–Trinajstić information content (AvgIpc) is 3.05. The Hall–Kier alpha value is -2.85. The summed E-state index contributed by atoms with van der Waals surface area (Å²) in [6.45, 7) is 0. The molecule has 144 valence electrons. The smallest absolute Gasteiger partial charge is 0.311 e. The van der Waals surface area contributed by atoms with E-state index in [2.05, 4.69) is 4.98 Å². The van der Waals surface area contributed by atoms with E-state index in [9.17, 15) is 19.7 Å². The Labute approximate surface area is 167 Å². The highest BCUT2D eigenvalue weighted by Gasteiger charge is 2.24. The molecule has 2 aromatic heterocycles. The summed E-state index contributed by atoms with van der Waals surface area (Å²) in [5.41, 5.74) is 0.120. The SMILES string of the molecule is COc1ccc(C(=O)n2c(=S)[nH]c3sc4c(c3c2=O)CCCC4)cc1[N+](=O)[O-]. The van der Waals surface area contributed by atoms with Gasteiger partial charge in [-0.25, -0.2) is 4.57 Å². The van der Waals surface area contributed by atoms with Crippen LogP contribution in [0.25, 0.3) is 10.2 Å². The number of nitro benzene ring substituents is 1. The number of thiophene rings is 1. The molecule has 0 amide bonds. The number of aromatic amines is 1. The van der Waals surface area contributed by atoms with Crippen LogP contribution in [0.15, 0.2) is 23.0 Å². The zero-order valence-corrected chi connectivity index (χ0v) is 16.4. The van der Waals surface area contributed by atoms with E-state index < -0.39 is 16.4 Å². The van der Waals surface area contributed by atoms with E-state index in [0.717, 1.165) is 46.8 Å². The number of H-pyrrole nitrogens is 1. The Bertz CT molecular complexity index is 1250. The lowest BCUT2D eigenvalue weighted by molar-refractivity contribution is -0.385. The maximum atomic E-state index is 13.1. The maximum Gasteiger partial charge on any atom is 0.311 e. The summed E-state index contributed by atoms with van der Waals surface area (Å²) >= 11 is 6.75. The summed E-state index contributed by atoms with van der Waals surface area (Å²) in [7, 11) is 1.30. The molecule has 28 heavy (non-hydrogen) atoms. The molecule has 1 aromatic carbocycles. The molecule has 1 aliphatic carbocycles. The van der Waals surface area contributed by atoms with E-state index in [1.165, 1.54) is 30.6 Å². The van der Waals surface area contributed by atoms with Crippen LogP contribution in [0, 0.1) is 14.9 Å². The molecule has 0 saturated heterocycles. The van der Waals surface area contributed by atoms with Crippen LogP contribution < -0.4 is 10.3 Å². The number of benzene rings is 1. The zero-order valence-electron chi connectivity index (χ0n) is 14.8. The van der Waals surface area contributed by atoms with Gasteiger partial charge in [0.1, 0.15) is 4.83 Å². The normalized spacial score (nSPS) is 13.3. The molecule has 1 aliphatic rings. The van der Waals surface area contributed by atoms with Gasteiger partial charge < -0.3 is 9.72 Å². The Morgan fingerprint density at radius 2 is 2.11 bits per heavy atom. The van der Waals surface area contributed by atoms with Crippen LogP contribution >= 0.6 is 23.6 Å². The topological polar surface area (TPSA) is 107 Å². The lowest BCUT2D eigenvalue weighted by Crippen LogP contribution is -2.29. The number of nitrogens with one attached hydrogen (secondary N) is 1. The van der Waals surface area contributed by atoms with Gasteiger partial charge in [0.15, 0.2) is 10.5 Å². The van der Waals surface area contributed by atoms with Crippen molar-refractivity contribution in [1.29, 1.82) is 0 Å². The minimum Gasteiger partial charge on any atom is -0.490 e. The van der Waals surface area contributed by atoms with Crippen molar-refractivity contribution in [2.75, 3.05) is 7.11 Å². The van der Waals surface area contributed by atoms with Gasteiger partial charge in [-0.3, -0.25) is 19.7 Å². The molecule has 0 unspecified atom stereocenters.